The van der Waals surface area contributed by atoms with E-state index in [2.05, 4.69) is 5.16 Å². The first kappa shape index (κ1) is 15.0. The van der Waals surface area contributed by atoms with Gasteiger partial charge in [0.1, 0.15) is 0 Å². The summed E-state index contributed by atoms with van der Waals surface area (Å²) in [7, 11) is -1.26. The normalized spacial score (nSPS) is 15.0. The third-order valence-corrected chi connectivity index (χ3v) is 4.92. The zero-order chi connectivity index (χ0) is 16.4. The van der Waals surface area contributed by atoms with Crippen molar-refractivity contribution in [3.8, 4) is 23.0 Å². The Morgan fingerprint density at radius 2 is 1.92 bits per heavy atom. The molecule has 0 saturated heterocycles. The van der Waals surface area contributed by atoms with Crippen LogP contribution in [0.1, 0.15) is 12.1 Å². The van der Waals surface area contributed by atoms with Crippen molar-refractivity contribution in [1.82, 2.24) is 5.16 Å². The van der Waals surface area contributed by atoms with Gasteiger partial charge in [-0.05, 0) is 24.3 Å². The highest BCUT2D eigenvalue weighted by Crippen LogP contribution is 2.32. The molecule has 1 aromatic carbocycles. The van der Waals surface area contributed by atoms with Gasteiger partial charge in [-0.2, -0.15) is 0 Å². The highest BCUT2D eigenvalue weighted by atomic mass is 32.2. The largest absolute Gasteiger partial charge is 0.490 e. The fraction of sp³-hybridized carbons (Fsp3) is 0.235. The van der Waals surface area contributed by atoms with Crippen molar-refractivity contribution < 1.29 is 22.6 Å². The van der Waals surface area contributed by atoms with E-state index in [1.54, 1.807) is 42.7 Å². The lowest BCUT2D eigenvalue weighted by molar-refractivity contribution is 0.297. The van der Waals surface area contributed by atoms with E-state index in [0.717, 1.165) is 6.42 Å². The van der Waals surface area contributed by atoms with Gasteiger partial charge in [0, 0.05) is 23.4 Å². The minimum atomic E-state index is -1.26. The Kier molecular flexibility index (Phi) is 4.08. The summed E-state index contributed by atoms with van der Waals surface area (Å²) in [6.07, 6.45) is 2.40. The summed E-state index contributed by atoms with van der Waals surface area (Å²) < 4.78 is 34.3. The molecule has 0 fully saturated rings. The van der Waals surface area contributed by atoms with Crippen LogP contribution in [0, 0.1) is 0 Å². The zero-order valence-electron chi connectivity index (χ0n) is 12.8. The molecule has 0 saturated carbocycles. The highest BCUT2D eigenvalue weighted by Gasteiger charge is 2.16. The Morgan fingerprint density at radius 3 is 2.75 bits per heavy atom. The first-order valence-electron chi connectivity index (χ1n) is 7.57. The van der Waals surface area contributed by atoms with Crippen LogP contribution in [0.15, 0.2) is 56.5 Å². The number of rotatable bonds is 4. The molecule has 0 amide bonds. The van der Waals surface area contributed by atoms with Crippen molar-refractivity contribution in [3.05, 3.63) is 48.4 Å². The minimum Gasteiger partial charge on any atom is -0.490 e. The molecule has 24 heavy (non-hydrogen) atoms. The van der Waals surface area contributed by atoms with Crippen LogP contribution >= 0.6 is 0 Å². The lowest BCUT2D eigenvalue weighted by Gasteiger charge is -2.08. The Labute approximate surface area is 140 Å². The zero-order valence-corrected chi connectivity index (χ0v) is 13.6. The number of fused-ring (bicyclic) bond motifs is 1. The second kappa shape index (κ2) is 6.52. The fourth-order valence-electron chi connectivity index (χ4n) is 2.42. The molecule has 1 unspecified atom stereocenters. The van der Waals surface area contributed by atoms with Gasteiger partial charge in [0.25, 0.3) is 0 Å². The summed E-state index contributed by atoms with van der Waals surface area (Å²) in [6.45, 7) is 1.23. The van der Waals surface area contributed by atoms with Crippen molar-refractivity contribution in [2.45, 2.75) is 17.1 Å². The third kappa shape index (κ3) is 3.07. The molecule has 0 aliphatic carbocycles. The molecular weight excluding hydrogens is 330 g/mol. The van der Waals surface area contributed by atoms with Crippen molar-refractivity contribution in [2.24, 2.45) is 0 Å². The van der Waals surface area contributed by atoms with Crippen LogP contribution in [0.3, 0.4) is 0 Å². The number of hydrogen-bond acceptors (Lipinski definition) is 6. The molecule has 7 heteroatoms. The van der Waals surface area contributed by atoms with Crippen LogP contribution < -0.4 is 9.47 Å². The molecule has 1 atom stereocenters. The van der Waals surface area contributed by atoms with E-state index in [1.807, 2.05) is 0 Å². The van der Waals surface area contributed by atoms with Gasteiger partial charge < -0.3 is 18.4 Å². The number of hydrogen-bond donors (Lipinski definition) is 0. The van der Waals surface area contributed by atoms with Gasteiger partial charge in [-0.25, -0.2) is 0 Å². The second-order valence-electron chi connectivity index (χ2n) is 5.31. The maximum atomic E-state index is 12.6. The van der Waals surface area contributed by atoms with Crippen molar-refractivity contribution in [3.63, 3.8) is 0 Å². The second-order valence-corrected chi connectivity index (χ2v) is 6.76. The summed E-state index contributed by atoms with van der Waals surface area (Å²) in [4.78, 5) is 0.668. The number of ether oxygens (including phenoxy) is 2. The summed E-state index contributed by atoms with van der Waals surface area (Å²) in [6, 6.07) is 10.6. The minimum absolute atomic E-state index is 0.254. The molecule has 0 radical (unpaired) electrons. The Morgan fingerprint density at radius 1 is 1.04 bits per heavy atom. The van der Waals surface area contributed by atoms with Crippen LogP contribution in [0.4, 0.5) is 0 Å². The summed E-state index contributed by atoms with van der Waals surface area (Å²) in [5.41, 5.74) is 0.604. The molecule has 124 valence electrons. The lowest BCUT2D eigenvalue weighted by Crippen LogP contribution is -1.99. The van der Waals surface area contributed by atoms with Crippen LogP contribution in [-0.4, -0.2) is 22.6 Å². The maximum absolute atomic E-state index is 12.6. The van der Waals surface area contributed by atoms with Crippen molar-refractivity contribution >= 4 is 10.8 Å². The van der Waals surface area contributed by atoms with E-state index in [0.29, 0.717) is 46.8 Å². The first-order valence-corrected chi connectivity index (χ1v) is 8.89. The predicted octanol–water partition coefficient (Wildman–Crippen LogP) is 3.40. The van der Waals surface area contributed by atoms with Crippen molar-refractivity contribution in [2.75, 3.05) is 13.2 Å². The van der Waals surface area contributed by atoms with E-state index in [1.165, 1.54) is 0 Å². The maximum Gasteiger partial charge on any atom is 0.202 e. The summed E-state index contributed by atoms with van der Waals surface area (Å²) in [5.74, 6) is 2.69. The van der Waals surface area contributed by atoms with E-state index >= 15 is 0 Å². The molecular formula is C17H15NO5S. The third-order valence-electron chi connectivity index (χ3n) is 3.58. The number of furan rings is 1. The summed E-state index contributed by atoms with van der Waals surface area (Å²) in [5, 5.41) is 3.96. The smallest absolute Gasteiger partial charge is 0.202 e. The molecule has 2 aromatic heterocycles. The quantitative estimate of drug-likeness (QED) is 0.721. The lowest BCUT2D eigenvalue weighted by atomic mass is 10.3. The number of nitrogens with zero attached hydrogens (tertiary/aromatic N) is 1. The van der Waals surface area contributed by atoms with E-state index < -0.39 is 10.8 Å². The average molecular weight is 345 g/mol. The van der Waals surface area contributed by atoms with Gasteiger partial charge >= 0.3 is 0 Å². The average Bonchev–Trinajstić information content (AvgIpc) is 3.22. The van der Waals surface area contributed by atoms with E-state index in [9.17, 15) is 4.21 Å². The molecule has 1 aliphatic rings. The van der Waals surface area contributed by atoms with Crippen LogP contribution in [0.2, 0.25) is 0 Å². The van der Waals surface area contributed by atoms with Crippen LogP contribution in [0.25, 0.3) is 11.5 Å². The van der Waals surface area contributed by atoms with Gasteiger partial charge in [0.15, 0.2) is 17.3 Å². The SMILES string of the molecule is O=S(Cc1cc(-c2ccco2)on1)c1ccc2c(c1)OCCCO2. The predicted molar refractivity (Wildman–Crippen MR) is 86.4 cm³/mol. The van der Waals surface area contributed by atoms with Gasteiger partial charge in [-0.15, -0.1) is 0 Å². The fourth-order valence-corrected chi connectivity index (χ4v) is 3.45. The molecule has 4 rings (SSSR count). The van der Waals surface area contributed by atoms with Crippen LogP contribution in [0.5, 0.6) is 11.5 Å². The van der Waals surface area contributed by atoms with Crippen molar-refractivity contribution in [1.29, 1.82) is 0 Å². The molecule has 3 heterocycles. The molecule has 0 bridgehead atoms. The van der Waals surface area contributed by atoms with Crippen LogP contribution in [-0.2, 0) is 16.6 Å². The molecule has 6 nitrogen and oxygen atoms in total. The topological polar surface area (TPSA) is 74.7 Å². The monoisotopic (exact) mass is 345 g/mol. The Bertz CT molecular complexity index is 856. The molecule has 3 aromatic rings. The molecule has 0 N–H and O–H groups in total. The standard InChI is InChI=1S/C17H15NO5S/c19-24(11-12-9-17(23-18-12)14-3-1-6-20-14)13-4-5-15-16(10-13)22-8-2-7-21-15/h1,3-6,9-10H,2,7-8,11H2. The number of benzene rings is 1. The Balaban J connectivity index is 1.51. The summed E-state index contributed by atoms with van der Waals surface area (Å²) >= 11 is 0. The van der Waals surface area contributed by atoms with E-state index in [-0.39, 0.29) is 5.75 Å². The number of aromatic nitrogens is 1. The Hall–Kier alpha value is -2.54. The van der Waals surface area contributed by atoms with Gasteiger partial charge in [0.2, 0.25) is 5.76 Å². The molecule has 1 aliphatic heterocycles. The highest BCUT2D eigenvalue weighted by molar-refractivity contribution is 7.84. The van der Waals surface area contributed by atoms with Gasteiger partial charge in [-0.1, -0.05) is 5.16 Å². The molecule has 0 spiro atoms. The van der Waals surface area contributed by atoms with Gasteiger partial charge in [-0.3, -0.25) is 4.21 Å². The first-order chi connectivity index (χ1) is 11.8. The van der Waals surface area contributed by atoms with Gasteiger partial charge in [0.05, 0.1) is 41.7 Å². The van der Waals surface area contributed by atoms with E-state index in [4.69, 9.17) is 18.4 Å².